The van der Waals surface area contributed by atoms with Crippen molar-refractivity contribution in [1.29, 1.82) is 0 Å². The van der Waals surface area contributed by atoms with Crippen LogP contribution < -0.4 is 56.5 Å². The van der Waals surface area contributed by atoms with Crippen LogP contribution in [0.3, 0.4) is 0 Å². The first-order valence-electron chi connectivity index (χ1n) is 48.3. The van der Waals surface area contributed by atoms with Crippen molar-refractivity contribution in [3.05, 3.63) is 310 Å². The minimum absolute atomic E-state index is 0.0121. The van der Waals surface area contributed by atoms with Crippen LogP contribution in [0.2, 0.25) is 0 Å². The molecule has 14 aromatic carbocycles. The van der Waals surface area contributed by atoms with E-state index in [0.717, 1.165) is 129 Å². The number of hydrogen-bond acceptors (Lipinski definition) is 9. The predicted molar refractivity (Wildman–Crippen MR) is 555 cm³/mol. The maximum absolute atomic E-state index is 8.32. The van der Waals surface area contributed by atoms with Crippen molar-refractivity contribution in [2.75, 3.05) is 0 Å². The molecule has 11 heteroatoms. The van der Waals surface area contributed by atoms with Gasteiger partial charge in [-0.2, -0.15) is 0 Å². The fraction of sp³-hybridized carbons (Fsp3) is 0.276. The van der Waals surface area contributed by atoms with Gasteiger partial charge in [0.15, 0.2) is 0 Å². The molecule has 9 heterocycles. The Hall–Kier alpha value is -10.9. The molecule has 640 valence electrons. The maximum atomic E-state index is 8.32. The molecule has 0 spiro atoms. The lowest BCUT2D eigenvalue weighted by atomic mass is 9.34. The fourth-order valence-corrected chi connectivity index (χ4v) is 23.8. The van der Waals surface area contributed by atoms with Crippen molar-refractivity contribution in [3.63, 3.8) is 0 Å². The lowest BCUT2D eigenvalue weighted by molar-refractivity contribution is 0.439. The van der Waals surface area contributed by atoms with E-state index in [9.17, 15) is 0 Å². The fourth-order valence-electron chi connectivity index (χ4n) is 18.9. The molecule has 0 saturated heterocycles. The van der Waals surface area contributed by atoms with E-state index in [1.807, 2.05) is 72.8 Å². The molecule has 127 heavy (non-hydrogen) atoms. The first-order valence-corrected chi connectivity index (χ1v) is 47.6. The minimum Gasteiger partial charge on any atom is -0.458 e. The molecule has 5 nitrogen and oxygen atoms in total. The molecule has 0 N–H and O–H groups in total. The lowest BCUT2D eigenvalue weighted by Gasteiger charge is -2.38. The van der Waals surface area contributed by atoms with E-state index in [1.54, 1.807) is 73.0 Å². The topological polar surface area (TPSA) is 46.2 Å². The van der Waals surface area contributed by atoms with Crippen molar-refractivity contribution in [1.82, 2.24) is 0 Å². The van der Waals surface area contributed by atoms with Gasteiger partial charge in [0.25, 0.3) is 13.4 Å². The summed E-state index contributed by atoms with van der Waals surface area (Å²) < 4.78 is 107. The zero-order chi connectivity index (χ0) is 96.5. The van der Waals surface area contributed by atoms with Crippen LogP contribution in [0.15, 0.2) is 255 Å². The Kier molecular flexibility index (Phi) is 20.3. The highest BCUT2D eigenvalue weighted by Gasteiger charge is 2.47. The standard InChI is InChI=1S/C22H17BO3.C22H19BO2.4C18H20S/c1-22(2,3)12-10-17-21-18(11-12)26-16-9-5-7-14-20(16)23(21)19-13(24-14)6-4-8-15(19)25-17;1-22(2,3)14-12-19-21-20(13-14)25-18-11-7-5-9-16(18)23(21)15-8-4-6-10-17(15)24-19;1-5-12-10-17-14(11-15(12)18(2,3)4)13-8-6-7-9-16(13)19-17;1-5-12-15(18(2,3)4)11-10-14-13-8-6-7-9-16(13)19-17(12)14;1-5-12-10-11-14-13-8-6-7-9-15(13)19-17(14)16(12)18(2,3)4;1-5-12-10-11-15-16(17(12)18(2,3)4)13-8-6-7-9-14(13)19-15/h4-11H,1-3H3;4-13H,1-3H3;4*6-11H,5H2,1-4H3/i;;4*5D2. The molecule has 0 saturated carbocycles. The minimum atomic E-state index is -1.34. The van der Waals surface area contributed by atoms with E-state index in [4.69, 9.17) is 34.7 Å². The van der Waals surface area contributed by atoms with Crippen LogP contribution >= 0.6 is 45.3 Å². The molecule has 5 aliphatic heterocycles. The van der Waals surface area contributed by atoms with E-state index in [-0.39, 0.29) is 45.9 Å². The molecule has 5 aliphatic rings. The second kappa shape index (κ2) is 33.3. The number of rotatable bonds is 4. The molecule has 0 amide bonds. The van der Waals surface area contributed by atoms with Crippen LogP contribution in [0.4, 0.5) is 0 Å². The zero-order valence-corrected chi connectivity index (χ0v) is 80.3. The van der Waals surface area contributed by atoms with Gasteiger partial charge < -0.3 is 23.7 Å². The number of benzene rings is 14. The number of fused-ring (bicyclic) bond motifs is 16. The summed E-state index contributed by atoms with van der Waals surface area (Å²) in [6.45, 7) is 46.1. The first-order chi connectivity index (χ1) is 63.3. The van der Waals surface area contributed by atoms with Crippen molar-refractivity contribution >= 4 is 172 Å². The molecule has 0 fully saturated rings. The Balaban J connectivity index is 0.000000108. The maximum Gasteiger partial charge on any atom is 0.270 e. The second-order valence-electron chi connectivity index (χ2n) is 39.9. The van der Waals surface area contributed by atoms with Gasteiger partial charge in [-0.1, -0.05) is 304 Å². The molecule has 0 aliphatic carbocycles. The number of ether oxygens (including phenoxy) is 5. The number of para-hydroxylation sites is 2. The number of thiophene rings is 4. The summed E-state index contributed by atoms with van der Waals surface area (Å²) >= 11 is 7.02. The molecule has 4 aromatic heterocycles. The molecular formula is C116H116B2O5S4. The van der Waals surface area contributed by atoms with E-state index in [1.165, 1.54) is 98.0 Å². The Morgan fingerprint density at radius 2 is 0.614 bits per heavy atom. The third-order valence-corrected chi connectivity index (χ3v) is 29.7. The van der Waals surface area contributed by atoms with Crippen molar-refractivity contribution < 1.29 is 34.7 Å². The van der Waals surface area contributed by atoms with Crippen molar-refractivity contribution in [2.45, 2.75) is 210 Å². The van der Waals surface area contributed by atoms with E-state index in [2.05, 4.69) is 307 Å². The third-order valence-electron chi connectivity index (χ3n) is 25.0. The summed E-state index contributed by atoms with van der Waals surface area (Å²) in [5.74, 6) is 8.99. The van der Waals surface area contributed by atoms with Gasteiger partial charge in [0.1, 0.15) is 57.5 Å². The van der Waals surface area contributed by atoms with E-state index < -0.39 is 25.5 Å². The van der Waals surface area contributed by atoms with Crippen LogP contribution in [-0.4, -0.2) is 13.4 Å². The van der Waals surface area contributed by atoms with Gasteiger partial charge in [-0.3, -0.25) is 0 Å². The van der Waals surface area contributed by atoms with Gasteiger partial charge in [0.05, 0.1) is 0 Å². The molecule has 23 rings (SSSR count). The zero-order valence-electron chi connectivity index (χ0n) is 85.1. The molecule has 0 atom stereocenters. The summed E-state index contributed by atoms with van der Waals surface area (Å²) in [5.41, 5.74) is 16.8. The van der Waals surface area contributed by atoms with Crippen LogP contribution in [0.5, 0.6) is 57.5 Å². The average Bonchev–Trinajstić information content (AvgIpc) is 1.62. The quantitative estimate of drug-likeness (QED) is 0.164. The molecular weight excluding hydrogens is 1620 g/mol. The van der Waals surface area contributed by atoms with Crippen molar-refractivity contribution in [3.8, 4) is 57.5 Å². The van der Waals surface area contributed by atoms with Crippen LogP contribution in [0, 0.1) is 0 Å². The van der Waals surface area contributed by atoms with Crippen LogP contribution in [-0.2, 0) is 58.0 Å². The monoisotopic (exact) mass is 1750 g/mol. The van der Waals surface area contributed by atoms with Crippen molar-refractivity contribution in [2.24, 2.45) is 0 Å². The van der Waals surface area contributed by atoms with E-state index in [0.29, 0.717) is 0 Å². The highest BCUT2D eigenvalue weighted by atomic mass is 32.1. The predicted octanol–water partition coefficient (Wildman–Crippen LogP) is 31.2. The summed E-state index contributed by atoms with van der Waals surface area (Å²) in [5, 5.41) is 9.90. The molecule has 0 bridgehead atoms. The normalized spacial score (nSPS) is 14.6. The Morgan fingerprint density at radius 3 is 1.08 bits per heavy atom. The van der Waals surface area contributed by atoms with Crippen LogP contribution in [0.1, 0.15) is 219 Å². The molecule has 0 unspecified atom stereocenters. The average molecular weight is 1750 g/mol. The van der Waals surface area contributed by atoms with Gasteiger partial charge in [-0.15, -0.1) is 45.3 Å². The Labute approximate surface area is 779 Å². The Morgan fingerprint density at radius 1 is 0.252 bits per heavy atom. The van der Waals surface area contributed by atoms with Gasteiger partial charge in [-0.05, 0) is 228 Å². The summed E-state index contributed by atoms with van der Waals surface area (Å²) in [6.07, 6.45) is -5.33. The number of aryl methyl sites for hydroxylation is 4. The highest BCUT2D eigenvalue weighted by Crippen LogP contribution is 2.49. The second-order valence-corrected chi connectivity index (χ2v) is 44.2. The SMILES string of the molecule is CC(C)(C)c1cc2c3c(c1)Oc1cccc4c1B3c1c(cccc1O2)O4.CC(C)(C)c1cc2c3c(c1)Oc1ccccc1B3c1ccccc1O2.[2H]C([2H])(C)c1c(C(C)(C)C)ccc2c1sc1ccccc12.[2H]C([2H])(C)c1cc2sc3ccccc3c2cc1C(C)(C)C.[2H]C([2H])(C)c1ccc2c(sc3ccccc32)c1C(C)(C)C.[2H]C([2H])(C)c1ccc2sc3ccccc3c2c1C(C)(C)C. The summed E-state index contributed by atoms with van der Waals surface area (Å²) in [7, 11) is 0. The largest absolute Gasteiger partial charge is 0.458 e. The lowest BCUT2D eigenvalue weighted by Crippen LogP contribution is -2.59. The van der Waals surface area contributed by atoms with Gasteiger partial charge in [0.2, 0.25) is 0 Å². The van der Waals surface area contributed by atoms with E-state index >= 15 is 0 Å². The summed E-state index contributed by atoms with van der Waals surface area (Å²) in [4.78, 5) is 0. The highest BCUT2D eigenvalue weighted by molar-refractivity contribution is 7.27. The van der Waals surface area contributed by atoms with Gasteiger partial charge in [-0.25, -0.2) is 0 Å². The third kappa shape index (κ3) is 16.1. The smallest absolute Gasteiger partial charge is 0.270 e. The first kappa shape index (κ1) is 77.2. The summed E-state index contributed by atoms with van der Waals surface area (Å²) in [6, 6.07) is 87.6. The molecule has 0 radical (unpaired) electrons. The van der Waals surface area contributed by atoms with Gasteiger partial charge >= 0.3 is 0 Å². The number of hydrogen-bond donors (Lipinski definition) is 0. The Bertz CT molecular complexity index is 7400. The van der Waals surface area contributed by atoms with Gasteiger partial charge in [0, 0.05) is 114 Å². The van der Waals surface area contributed by atoms with Crippen LogP contribution in [0.25, 0.3) is 80.7 Å². The molecule has 18 aromatic rings.